The number of para-hydroxylation sites is 2. The molecule has 1 unspecified atom stereocenters. The Morgan fingerprint density at radius 1 is 1.20 bits per heavy atom. The van der Waals surface area contributed by atoms with Crippen LogP contribution in [0.15, 0.2) is 24.3 Å². The summed E-state index contributed by atoms with van der Waals surface area (Å²) in [6.45, 7) is 1.68. The molecule has 114 valence electrons. The number of rotatable bonds is 8. The van der Waals surface area contributed by atoms with Crippen molar-refractivity contribution < 1.29 is 22.6 Å². The summed E-state index contributed by atoms with van der Waals surface area (Å²) >= 11 is 0. The van der Waals surface area contributed by atoms with Gasteiger partial charge in [-0.15, -0.1) is 0 Å². The molecular formula is C14H20F3NO2. The second kappa shape index (κ2) is 7.99. The van der Waals surface area contributed by atoms with Crippen LogP contribution in [0.3, 0.4) is 0 Å². The van der Waals surface area contributed by atoms with Gasteiger partial charge in [0.05, 0.1) is 20.3 Å². The lowest BCUT2D eigenvalue weighted by Crippen LogP contribution is -2.32. The van der Waals surface area contributed by atoms with Gasteiger partial charge < -0.3 is 14.8 Å². The van der Waals surface area contributed by atoms with Gasteiger partial charge in [0.15, 0.2) is 11.5 Å². The number of alkyl halides is 3. The zero-order valence-corrected chi connectivity index (χ0v) is 11.7. The highest BCUT2D eigenvalue weighted by molar-refractivity contribution is 5.39. The summed E-state index contributed by atoms with van der Waals surface area (Å²) in [5, 5.41) is 2.39. The predicted octanol–water partition coefficient (Wildman–Crippen LogP) is 3.25. The molecule has 0 aliphatic carbocycles. The number of hydrogen-bond acceptors (Lipinski definition) is 3. The van der Waals surface area contributed by atoms with Crippen molar-refractivity contribution in [2.45, 2.75) is 19.5 Å². The summed E-state index contributed by atoms with van der Waals surface area (Å²) in [6, 6.07) is 7.27. The number of ether oxygens (including phenoxy) is 2. The number of methoxy groups -OCH3 is 1. The summed E-state index contributed by atoms with van der Waals surface area (Å²) < 4.78 is 46.6. The van der Waals surface area contributed by atoms with E-state index < -0.39 is 12.7 Å². The summed E-state index contributed by atoms with van der Waals surface area (Å²) in [5.41, 5.74) is 0. The quantitative estimate of drug-likeness (QED) is 0.797. The molecule has 0 aliphatic rings. The second-order valence-corrected chi connectivity index (χ2v) is 4.64. The smallest absolute Gasteiger partial charge is 0.401 e. The van der Waals surface area contributed by atoms with E-state index in [0.29, 0.717) is 31.1 Å². The van der Waals surface area contributed by atoms with Gasteiger partial charge >= 0.3 is 6.18 Å². The Kier molecular flexibility index (Phi) is 6.64. The Morgan fingerprint density at radius 3 is 2.45 bits per heavy atom. The molecule has 1 aromatic rings. The van der Waals surface area contributed by atoms with Crippen molar-refractivity contribution in [3.05, 3.63) is 24.3 Å². The first-order chi connectivity index (χ1) is 9.42. The maximum absolute atomic E-state index is 12.0. The first-order valence-corrected chi connectivity index (χ1v) is 6.45. The standard InChI is InChI=1S/C14H20F3NO2/c1-11(9-18-10-14(15,16)17)7-8-20-13-6-4-3-5-12(13)19-2/h3-6,11,18H,7-10H2,1-2H3. The molecule has 0 aliphatic heterocycles. The molecule has 0 heterocycles. The molecule has 0 bridgehead atoms. The van der Waals surface area contributed by atoms with Gasteiger partial charge in [0.25, 0.3) is 0 Å². The number of halogens is 3. The third kappa shape index (κ3) is 6.65. The SMILES string of the molecule is COc1ccccc1OCCC(C)CNCC(F)(F)F. The minimum atomic E-state index is -4.16. The minimum Gasteiger partial charge on any atom is -0.493 e. The third-order valence-corrected chi connectivity index (χ3v) is 2.76. The average molecular weight is 291 g/mol. The highest BCUT2D eigenvalue weighted by Gasteiger charge is 2.26. The second-order valence-electron chi connectivity index (χ2n) is 4.64. The minimum absolute atomic E-state index is 0.104. The van der Waals surface area contributed by atoms with Crippen LogP contribution < -0.4 is 14.8 Å². The van der Waals surface area contributed by atoms with Gasteiger partial charge in [0.1, 0.15) is 0 Å². The van der Waals surface area contributed by atoms with Crippen LogP contribution in [0, 0.1) is 5.92 Å². The Hall–Kier alpha value is -1.43. The van der Waals surface area contributed by atoms with E-state index in [4.69, 9.17) is 9.47 Å². The molecule has 1 aromatic carbocycles. The zero-order chi connectivity index (χ0) is 15.0. The maximum Gasteiger partial charge on any atom is 0.401 e. The topological polar surface area (TPSA) is 30.5 Å². The molecular weight excluding hydrogens is 271 g/mol. The van der Waals surface area contributed by atoms with Gasteiger partial charge in [-0.05, 0) is 31.0 Å². The van der Waals surface area contributed by atoms with E-state index in [2.05, 4.69) is 5.32 Å². The van der Waals surface area contributed by atoms with Crippen LogP contribution in [-0.2, 0) is 0 Å². The number of benzene rings is 1. The van der Waals surface area contributed by atoms with Crippen molar-refractivity contribution >= 4 is 0 Å². The van der Waals surface area contributed by atoms with Crippen LogP contribution in [0.5, 0.6) is 11.5 Å². The summed E-state index contributed by atoms with van der Waals surface area (Å²) in [4.78, 5) is 0. The van der Waals surface area contributed by atoms with E-state index in [1.54, 1.807) is 19.2 Å². The van der Waals surface area contributed by atoms with Crippen molar-refractivity contribution in [3.8, 4) is 11.5 Å². The van der Waals surface area contributed by atoms with E-state index in [1.807, 2.05) is 19.1 Å². The molecule has 0 amide bonds. The van der Waals surface area contributed by atoms with Crippen molar-refractivity contribution in [1.29, 1.82) is 0 Å². The largest absolute Gasteiger partial charge is 0.493 e. The van der Waals surface area contributed by atoms with Gasteiger partial charge in [0, 0.05) is 0 Å². The van der Waals surface area contributed by atoms with E-state index in [1.165, 1.54) is 0 Å². The molecule has 0 saturated carbocycles. The molecule has 6 heteroatoms. The van der Waals surface area contributed by atoms with Crippen LogP contribution in [0.2, 0.25) is 0 Å². The van der Waals surface area contributed by atoms with Crippen molar-refractivity contribution in [2.75, 3.05) is 26.8 Å². The Bertz CT molecular complexity index is 396. The van der Waals surface area contributed by atoms with Gasteiger partial charge in [-0.2, -0.15) is 13.2 Å². The van der Waals surface area contributed by atoms with E-state index >= 15 is 0 Å². The molecule has 20 heavy (non-hydrogen) atoms. The summed E-state index contributed by atoms with van der Waals surface area (Å²) in [7, 11) is 1.56. The first kappa shape index (κ1) is 16.6. The van der Waals surface area contributed by atoms with Crippen LogP contribution >= 0.6 is 0 Å². The highest BCUT2D eigenvalue weighted by atomic mass is 19.4. The normalized spacial score (nSPS) is 13.1. The Morgan fingerprint density at radius 2 is 1.85 bits per heavy atom. The maximum atomic E-state index is 12.0. The lowest BCUT2D eigenvalue weighted by Gasteiger charge is -2.15. The van der Waals surface area contributed by atoms with Crippen molar-refractivity contribution in [2.24, 2.45) is 5.92 Å². The van der Waals surface area contributed by atoms with E-state index in [0.717, 1.165) is 0 Å². The van der Waals surface area contributed by atoms with E-state index in [9.17, 15) is 13.2 Å². The highest BCUT2D eigenvalue weighted by Crippen LogP contribution is 2.26. The molecule has 1 N–H and O–H groups in total. The van der Waals surface area contributed by atoms with Crippen LogP contribution in [-0.4, -0.2) is 33.0 Å². The molecule has 3 nitrogen and oxygen atoms in total. The molecule has 1 atom stereocenters. The summed E-state index contributed by atoms with van der Waals surface area (Å²) in [6.07, 6.45) is -3.49. The lowest BCUT2D eigenvalue weighted by atomic mass is 10.1. The molecule has 0 fully saturated rings. The third-order valence-electron chi connectivity index (χ3n) is 2.76. The van der Waals surface area contributed by atoms with Crippen LogP contribution in [0.4, 0.5) is 13.2 Å². The van der Waals surface area contributed by atoms with E-state index in [-0.39, 0.29) is 5.92 Å². The first-order valence-electron chi connectivity index (χ1n) is 6.45. The fourth-order valence-corrected chi connectivity index (χ4v) is 1.67. The molecule has 0 aromatic heterocycles. The molecule has 0 saturated heterocycles. The van der Waals surface area contributed by atoms with Crippen LogP contribution in [0.1, 0.15) is 13.3 Å². The fourth-order valence-electron chi connectivity index (χ4n) is 1.67. The number of hydrogen-bond donors (Lipinski definition) is 1. The van der Waals surface area contributed by atoms with Gasteiger partial charge in [-0.25, -0.2) is 0 Å². The molecule has 0 spiro atoms. The van der Waals surface area contributed by atoms with Crippen molar-refractivity contribution in [1.82, 2.24) is 5.32 Å². The van der Waals surface area contributed by atoms with Gasteiger partial charge in [-0.3, -0.25) is 0 Å². The van der Waals surface area contributed by atoms with Gasteiger partial charge in [0.2, 0.25) is 0 Å². The number of nitrogens with one attached hydrogen (secondary N) is 1. The molecule has 1 rings (SSSR count). The summed E-state index contributed by atoms with van der Waals surface area (Å²) in [5.74, 6) is 1.40. The molecule has 0 radical (unpaired) electrons. The fraction of sp³-hybridized carbons (Fsp3) is 0.571. The van der Waals surface area contributed by atoms with Crippen LogP contribution in [0.25, 0.3) is 0 Å². The van der Waals surface area contributed by atoms with Gasteiger partial charge in [-0.1, -0.05) is 19.1 Å². The monoisotopic (exact) mass is 291 g/mol. The average Bonchev–Trinajstić information content (AvgIpc) is 2.38. The Balaban J connectivity index is 2.23. The van der Waals surface area contributed by atoms with Crippen molar-refractivity contribution in [3.63, 3.8) is 0 Å². The zero-order valence-electron chi connectivity index (χ0n) is 11.7. The predicted molar refractivity (Wildman–Crippen MR) is 71.2 cm³/mol. The Labute approximate surface area is 117 Å². The lowest BCUT2D eigenvalue weighted by molar-refractivity contribution is -0.125.